The monoisotopic (exact) mass is 237 g/mol. The summed E-state index contributed by atoms with van der Waals surface area (Å²) in [4.78, 5) is 5.64. The predicted molar refractivity (Wildman–Crippen MR) is 66.6 cm³/mol. The number of nitrogens with two attached hydrogens (primary N) is 1. The fourth-order valence-electron chi connectivity index (χ4n) is 1.66. The van der Waals surface area contributed by atoms with Gasteiger partial charge in [0.2, 0.25) is 0 Å². The van der Waals surface area contributed by atoms with Gasteiger partial charge < -0.3 is 11.1 Å². The van der Waals surface area contributed by atoms with E-state index in [1.54, 1.807) is 17.5 Å². The van der Waals surface area contributed by atoms with E-state index in [0.29, 0.717) is 5.82 Å². The van der Waals surface area contributed by atoms with Crippen molar-refractivity contribution in [2.45, 2.75) is 26.8 Å². The van der Waals surface area contributed by atoms with Gasteiger partial charge in [0.1, 0.15) is 5.82 Å². The van der Waals surface area contributed by atoms with Crippen LogP contribution < -0.4 is 11.1 Å². The third-order valence-electron chi connectivity index (χ3n) is 2.37. The Kier molecular flexibility index (Phi) is 2.82. The summed E-state index contributed by atoms with van der Waals surface area (Å²) in [6, 6.07) is 0.186. The SMILES string of the molecule is Cc1nc(C)c(C(C)Nc2cn[nH]c2N)s1. The summed E-state index contributed by atoms with van der Waals surface area (Å²) in [7, 11) is 0. The second-order valence-electron chi connectivity index (χ2n) is 3.75. The number of nitrogens with zero attached hydrogens (tertiary/aromatic N) is 2. The van der Waals surface area contributed by atoms with E-state index in [9.17, 15) is 0 Å². The van der Waals surface area contributed by atoms with Crippen LogP contribution in [0.1, 0.15) is 28.5 Å². The van der Waals surface area contributed by atoms with Gasteiger partial charge in [0.25, 0.3) is 0 Å². The van der Waals surface area contributed by atoms with Crippen LogP contribution in [0.15, 0.2) is 6.20 Å². The number of hydrogen-bond donors (Lipinski definition) is 3. The van der Waals surface area contributed by atoms with Crippen molar-refractivity contribution in [2.24, 2.45) is 0 Å². The van der Waals surface area contributed by atoms with Crippen molar-refractivity contribution in [3.05, 3.63) is 21.8 Å². The van der Waals surface area contributed by atoms with Crippen molar-refractivity contribution in [1.29, 1.82) is 0 Å². The van der Waals surface area contributed by atoms with Crippen molar-refractivity contribution >= 4 is 22.8 Å². The molecule has 2 aromatic rings. The van der Waals surface area contributed by atoms with Gasteiger partial charge in [0.15, 0.2) is 0 Å². The molecule has 0 aliphatic carbocycles. The van der Waals surface area contributed by atoms with E-state index in [4.69, 9.17) is 5.73 Å². The van der Waals surface area contributed by atoms with E-state index < -0.39 is 0 Å². The summed E-state index contributed by atoms with van der Waals surface area (Å²) in [5.74, 6) is 0.561. The van der Waals surface area contributed by atoms with Crippen LogP contribution in [0.4, 0.5) is 11.5 Å². The fraction of sp³-hybridized carbons (Fsp3) is 0.400. The van der Waals surface area contributed by atoms with Gasteiger partial charge in [0.05, 0.1) is 28.6 Å². The number of H-pyrrole nitrogens is 1. The molecule has 0 aliphatic heterocycles. The molecule has 2 heterocycles. The topological polar surface area (TPSA) is 79.6 Å². The minimum Gasteiger partial charge on any atom is -0.382 e. The number of anilines is 2. The summed E-state index contributed by atoms with van der Waals surface area (Å²) in [5.41, 5.74) is 7.62. The number of aromatic amines is 1. The highest BCUT2D eigenvalue weighted by molar-refractivity contribution is 7.11. The third-order valence-corrected chi connectivity index (χ3v) is 3.63. The van der Waals surface area contributed by atoms with Crippen molar-refractivity contribution in [1.82, 2.24) is 15.2 Å². The lowest BCUT2D eigenvalue weighted by Gasteiger charge is -2.12. The first kappa shape index (κ1) is 10.9. The second-order valence-corrected chi connectivity index (χ2v) is 4.98. The number of aryl methyl sites for hydroxylation is 2. The fourth-order valence-corrected chi connectivity index (χ4v) is 2.59. The van der Waals surface area contributed by atoms with Crippen LogP contribution in [0.2, 0.25) is 0 Å². The highest BCUT2D eigenvalue weighted by Crippen LogP contribution is 2.28. The van der Waals surface area contributed by atoms with Gasteiger partial charge in [-0.1, -0.05) is 0 Å². The van der Waals surface area contributed by atoms with E-state index in [2.05, 4.69) is 27.4 Å². The summed E-state index contributed by atoms with van der Waals surface area (Å²) in [5, 5.41) is 11.0. The number of nitrogen functional groups attached to an aromatic ring is 1. The lowest BCUT2D eigenvalue weighted by molar-refractivity contribution is 0.891. The highest BCUT2D eigenvalue weighted by atomic mass is 32.1. The summed E-state index contributed by atoms with van der Waals surface area (Å²) in [6.07, 6.45) is 1.69. The van der Waals surface area contributed by atoms with Crippen LogP contribution >= 0.6 is 11.3 Å². The molecule has 0 fully saturated rings. The maximum Gasteiger partial charge on any atom is 0.142 e. The molecule has 0 amide bonds. The molecule has 0 bridgehead atoms. The molecule has 0 spiro atoms. The zero-order valence-corrected chi connectivity index (χ0v) is 10.4. The van der Waals surface area contributed by atoms with Gasteiger partial charge in [-0.3, -0.25) is 5.10 Å². The standard InChI is InChI=1S/C10H15N5S/c1-5-9(16-7(3)13-5)6(2)14-8-4-12-15-10(8)11/h4,6,14H,1-3H3,(H3,11,12,15). The van der Waals surface area contributed by atoms with Crippen LogP contribution in [0.5, 0.6) is 0 Å². The molecule has 0 radical (unpaired) electrons. The molecule has 0 saturated heterocycles. The Hall–Kier alpha value is -1.56. The molecule has 0 aromatic carbocycles. The lowest BCUT2D eigenvalue weighted by Crippen LogP contribution is -2.07. The number of nitrogens with one attached hydrogen (secondary N) is 2. The predicted octanol–water partition coefficient (Wildman–Crippen LogP) is 2.24. The largest absolute Gasteiger partial charge is 0.382 e. The molecule has 1 unspecified atom stereocenters. The van der Waals surface area contributed by atoms with Gasteiger partial charge in [0, 0.05) is 4.88 Å². The van der Waals surface area contributed by atoms with Crippen LogP contribution in [0.25, 0.3) is 0 Å². The van der Waals surface area contributed by atoms with Gasteiger partial charge in [-0.25, -0.2) is 4.98 Å². The molecule has 0 aliphatic rings. The van der Waals surface area contributed by atoms with Gasteiger partial charge in [-0.2, -0.15) is 5.10 Å². The Morgan fingerprint density at radius 1 is 1.50 bits per heavy atom. The first-order valence-corrected chi connectivity index (χ1v) is 5.89. The summed E-state index contributed by atoms with van der Waals surface area (Å²) < 4.78 is 0. The second kappa shape index (κ2) is 4.13. The number of aromatic nitrogens is 3. The summed E-state index contributed by atoms with van der Waals surface area (Å²) in [6.45, 7) is 6.13. The molecule has 6 heteroatoms. The van der Waals surface area contributed by atoms with E-state index in [1.807, 2.05) is 13.8 Å². The smallest absolute Gasteiger partial charge is 0.142 e. The molecule has 5 nitrogen and oxygen atoms in total. The molecule has 16 heavy (non-hydrogen) atoms. The minimum atomic E-state index is 0.186. The minimum absolute atomic E-state index is 0.186. The Morgan fingerprint density at radius 3 is 2.75 bits per heavy atom. The molecule has 1 atom stereocenters. The summed E-state index contributed by atoms with van der Waals surface area (Å²) >= 11 is 1.71. The number of thiazole rings is 1. The van der Waals surface area contributed by atoms with E-state index in [1.165, 1.54) is 4.88 Å². The Balaban J connectivity index is 2.17. The van der Waals surface area contributed by atoms with E-state index in [-0.39, 0.29) is 6.04 Å². The van der Waals surface area contributed by atoms with Crippen LogP contribution in [-0.4, -0.2) is 15.2 Å². The molecule has 4 N–H and O–H groups in total. The zero-order chi connectivity index (χ0) is 11.7. The number of rotatable bonds is 3. The Labute approximate surface area is 98.1 Å². The zero-order valence-electron chi connectivity index (χ0n) is 9.53. The normalized spacial score (nSPS) is 12.7. The first-order chi connectivity index (χ1) is 7.58. The first-order valence-electron chi connectivity index (χ1n) is 5.07. The molecule has 0 saturated carbocycles. The Morgan fingerprint density at radius 2 is 2.25 bits per heavy atom. The van der Waals surface area contributed by atoms with Gasteiger partial charge in [-0.15, -0.1) is 11.3 Å². The average molecular weight is 237 g/mol. The average Bonchev–Trinajstić information content (AvgIpc) is 2.74. The van der Waals surface area contributed by atoms with Crippen LogP contribution in [0.3, 0.4) is 0 Å². The van der Waals surface area contributed by atoms with Gasteiger partial charge in [-0.05, 0) is 20.8 Å². The van der Waals surface area contributed by atoms with Gasteiger partial charge >= 0.3 is 0 Å². The molecule has 2 aromatic heterocycles. The maximum absolute atomic E-state index is 5.72. The van der Waals surface area contributed by atoms with Crippen LogP contribution in [-0.2, 0) is 0 Å². The van der Waals surface area contributed by atoms with Crippen molar-refractivity contribution in [2.75, 3.05) is 11.1 Å². The molecule has 2 rings (SSSR count). The molecular weight excluding hydrogens is 222 g/mol. The maximum atomic E-state index is 5.72. The lowest BCUT2D eigenvalue weighted by atomic mass is 10.2. The van der Waals surface area contributed by atoms with Crippen molar-refractivity contribution in [3.63, 3.8) is 0 Å². The molecular formula is C10H15N5S. The Bertz CT molecular complexity index is 487. The highest BCUT2D eigenvalue weighted by Gasteiger charge is 2.14. The van der Waals surface area contributed by atoms with E-state index in [0.717, 1.165) is 16.4 Å². The third kappa shape index (κ3) is 2.01. The van der Waals surface area contributed by atoms with Crippen molar-refractivity contribution in [3.8, 4) is 0 Å². The van der Waals surface area contributed by atoms with E-state index >= 15 is 0 Å². The number of hydrogen-bond acceptors (Lipinski definition) is 5. The molecule has 86 valence electrons. The quantitative estimate of drug-likeness (QED) is 0.765. The van der Waals surface area contributed by atoms with Crippen LogP contribution in [0, 0.1) is 13.8 Å². The van der Waals surface area contributed by atoms with Crippen molar-refractivity contribution < 1.29 is 0 Å².